The standard InChI is InChI=1S/C26H21BrN4O5/c1-16(32)17-12-18(14-19(27)13-17)25-21-4-2-3-5-22(21)26(33)30(28-25)24-15-20(6-7-23(24)31(34)35)29-8-10-36-11-9-29/h2-7,12-15H,8-11H2,1H3. The highest BCUT2D eigenvalue weighted by Gasteiger charge is 2.23. The van der Waals surface area contributed by atoms with E-state index in [4.69, 9.17) is 4.74 Å². The van der Waals surface area contributed by atoms with Gasteiger partial charge in [-0.2, -0.15) is 9.78 Å². The van der Waals surface area contributed by atoms with Gasteiger partial charge in [0.2, 0.25) is 0 Å². The van der Waals surface area contributed by atoms with E-state index < -0.39 is 10.5 Å². The molecule has 0 N–H and O–H groups in total. The molecule has 10 heteroatoms. The van der Waals surface area contributed by atoms with E-state index in [1.165, 1.54) is 13.0 Å². The van der Waals surface area contributed by atoms with Gasteiger partial charge in [0.1, 0.15) is 5.69 Å². The SMILES string of the molecule is CC(=O)c1cc(Br)cc(-c2nn(-c3cc(N4CCOCC4)ccc3[N+](=O)[O-])c(=O)c3ccccc23)c1. The first-order valence-corrected chi connectivity index (χ1v) is 12.1. The smallest absolute Gasteiger partial charge is 0.295 e. The lowest BCUT2D eigenvalue weighted by Gasteiger charge is -2.29. The number of nitrogens with zero attached hydrogens (tertiary/aromatic N) is 4. The number of carbonyl (C=O) groups is 1. The second-order valence-electron chi connectivity index (χ2n) is 8.43. The Morgan fingerprint density at radius 1 is 1.06 bits per heavy atom. The average molecular weight is 549 g/mol. The van der Waals surface area contributed by atoms with Gasteiger partial charge in [-0.3, -0.25) is 19.7 Å². The number of hydrogen-bond donors (Lipinski definition) is 0. The zero-order chi connectivity index (χ0) is 25.4. The van der Waals surface area contributed by atoms with Crippen molar-refractivity contribution < 1.29 is 14.5 Å². The number of halogens is 1. The predicted molar refractivity (Wildman–Crippen MR) is 140 cm³/mol. The number of hydrogen-bond acceptors (Lipinski definition) is 7. The minimum atomic E-state index is -0.519. The molecule has 0 aliphatic carbocycles. The fraction of sp³-hybridized carbons (Fsp3) is 0.192. The number of morpholine rings is 1. The van der Waals surface area contributed by atoms with Gasteiger partial charge in [-0.25, -0.2) is 0 Å². The van der Waals surface area contributed by atoms with Gasteiger partial charge in [0.05, 0.1) is 29.2 Å². The topological polar surface area (TPSA) is 108 Å². The lowest BCUT2D eigenvalue weighted by Crippen LogP contribution is -2.36. The molecular formula is C26H21BrN4O5. The lowest BCUT2D eigenvalue weighted by molar-refractivity contribution is -0.384. The van der Waals surface area contributed by atoms with Crippen molar-refractivity contribution in [3.63, 3.8) is 0 Å². The molecule has 182 valence electrons. The van der Waals surface area contributed by atoms with Crippen molar-refractivity contribution in [2.24, 2.45) is 0 Å². The monoisotopic (exact) mass is 548 g/mol. The molecule has 36 heavy (non-hydrogen) atoms. The molecule has 1 fully saturated rings. The number of rotatable bonds is 5. The molecule has 0 radical (unpaired) electrons. The molecule has 1 aliphatic heterocycles. The van der Waals surface area contributed by atoms with E-state index in [-0.39, 0.29) is 17.2 Å². The molecule has 1 aromatic heterocycles. The van der Waals surface area contributed by atoms with Gasteiger partial charge in [-0.05, 0) is 43.3 Å². The predicted octanol–water partition coefficient (Wildman–Crippen LogP) is 4.76. The zero-order valence-electron chi connectivity index (χ0n) is 19.3. The maximum absolute atomic E-state index is 13.6. The molecule has 0 bridgehead atoms. The molecular weight excluding hydrogens is 528 g/mol. The number of fused-ring (bicyclic) bond motifs is 1. The van der Waals surface area contributed by atoms with Gasteiger partial charge in [0, 0.05) is 45.8 Å². The van der Waals surface area contributed by atoms with Gasteiger partial charge in [-0.1, -0.05) is 34.1 Å². The first-order chi connectivity index (χ1) is 17.3. The summed E-state index contributed by atoms with van der Waals surface area (Å²) in [5.41, 5.74) is 1.61. The summed E-state index contributed by atoms with van der Waals surface area (Å²) < 4.78 is 7.19. The summed E-state index contributed by atoms with van der Waals surface area (Å²) in [6, 6.07) is 16.9. The van der Waals surface area contributed by atoms with Crippen LogP contribution in [-0.2, 0) is 4.74 Å². The van der Waals surface area contributed by atoms with E-state index in [0.717, 1.165) is 10.4 Å². The Kier molecular flexibility index (Phi) is 6.38. The van der Waals surface area contributed by atoms with Crippen LogP contribution < -0.4 is 10.5 Å². The molecule has 5 rings (SSSR count). The van der Waals surface area contributed by atoms with Crippen molar-refractivity contribution in [2.75, 3.05) is 31.2 Å². The van der Waals surface area contributed by atoms with Gasteiger partial charge in [-0.15, -0.1) is 0 Å². The summed E-state index contributed by atoms with van der Waals surface area (Å²) in [6.45, 7) is 3.83. The van der Waals surface area contributed by atoms with Crippen LogP contribution >= 0.6 is 15.9 Å². The zero-order valence-corrected chi connectivity index (χ0v) is 20.9. The number of nitro groups is 1. The fourth-order valence-corrected chi connectivity index (χ4v) is 4.84. The Hall–Kier alpha value is -3.89. The molecule has 0 spiro atoms. The highest BCUT2D eigenvalue weighted by Crippen LogP contribution is 2.32. The Bertz CT molecular complexity index is 1580. The van der Waals surface area contributed by atoms with Crippen LogP contribution in [0.1, 0.15) is 17.3 Å². The second kappa shape index (κ2) is 9.63. The number of ketones is 1. The van der Waals surface area contributed by atoms with Crippen LogP contribution in [-0.4, -0.2) is 46.8 Å². The first kappa shape index (κ1) is 23.8. The molecule has 4 aromatic rings. The van der Waals surface area contributed by atoms with Crippen LogP contribution in [0.15, 0.2) is 69.9 Å². The third-order valence-electron chi connectivity index (χ3n) is 6.14. The Morgan fingerprint density at radius 2 is 1.78 bits per heavy atom. The van der Waals surface area contributed by atoms with E-state index in [1.54, 1.807) is 54.6 Å². The van der Waals surface area contributed by atoms with Crippen molar-refractivity contribution in [2.45, 2.75) is 6.92 Å². The van der Waals surface area contributed by atoms with E-state index in [2.05, 4.69) is 25.9 Å². The van der Waals surface area contributed by atoms with Gasteiger partial charge in [0.25, 0.3) is 11.2 Å². The summed E-state index contributed by atoms with van der Waals surface area (Å²) >= 11 is 3.45. The van der Waals surface area contributed by atoms with E-state index >= 15 is 0 Å². The molecule has 2 heterocycles. The van der Waals surface area contributed by atoms with Crippen molar-refractivity contribution in [3.05, 3.63) is 91.2 Å². The summed E-state index contributed by atoms with van der Waals surface area (Å²) in [4.78, 5) is 39.2. The van der Waals surface area contributed by atoms with Gasteiger partial charge < -0.3 is 9.64 Å². The van der Waals surface area contributed by atoms with Crippen LogP contribution in [0, 0.1) is 10.1 Å². The van der Waals surface area contributed by atoms with Gasteiger partial charge >= 0.3 is 0 Å². The van der Waals surface area contributed by atoms with E-state index in [0.29, 0.717) is 58.4 Å². The maximum Gasteiger partial charge on any atom is 0.295 e. The summed E-state index contributed by atoms with van der Waals surface area (Å²) in [7, 11) is 0. The number of ether oxygens (including phenoxy) is 1. The molecule has 3 aromatic carbocycles. The van der Waals surface area contributed by atoms with Crippen LogP contribution in [0.5, 0.6) is 0 Å². The molecule has 9 nitrogen and oxygen atoms in total. The first-order valence-electron chi connectivity index (χ1n) is 11.3. The van der Waals surface area contributed by atoms with Crippen LogP contribution in [0.3, 0.4) is 0 Å². The largest absolute Gasteiger partial charge is 0.378 e. The molecule has 1 saturated heterocycles. The molecule has 0 amide bonds. The van der Waals surface area contributed by atoms with Crippen LogP contribution in [0.4, 0.5) is 11.4 Å². The molecule has 0 saturated carbocycles. The second-order valence-corrected chi connectivity index (χ2v) is 9.34. The third kappa shape index (κ3) is 4.40. The van der Waals surface area contributed by atoms with Crippen LogP contribution in [0.2, 0.25) is 0 Å². The third-order valence-corrected chi connectivity index (χ3v) is 6.60. The van der Waals surface area contributed by atoms with Crippen molar-refractivity contribution in [1.29, 1.82) is 0 Å². The van der Waals surface area contributed by atoms with Gasteiger partial charge in [0.15, 0.2) is 5.78 Å². The average Bonchev–Trinajstić information content (AvgIpc) is 2.89. The number of nitro benzene ring substituents is 1. The minimum absolute atomic E-state index is 0.0720. The van der Waals surface area contributed by atoms with Crippen molar-refractivity contribution in [3.8, 4) is 16.9 Å². The van der Waals surface area contributed by atoms with E-state index in [1.807, 2.05) is 0 Å². The van der Waals surface area contributed by atoms with E-state index in [9.17, 15) is 19.7 Å². The number of aromatic nitrogens is 2. The quantitative estimate of drug-likeness (QED) is 0.201. The summed E-state index contributed by atoms with van der Waals surface area (Å²) in [5.74, 6) is -0.121. The highest BCUT2D eigenvalue weighted by atomic mass is 79.9. The lowest BCUT2D eigenvalue weighted by atomic mass is 10.0. The number of carbonyl (C=O) groups excluding carboxylic acids is 1. The summed E-state index contributed by atoms with van der Waals surface area (Å²) in [5, 5.41) is 17.5. The van der Waals surface area contributed by atoms with Crippen LogP contribution in [0.25, 0.3) is 27.7 Å². The number of benzene rings is 3. The van der Waals surface area contributed by atoms with Crippen molar-refractivity contribution in [1.82, 2.24) is 9.78 Å². The molecule has 1 aliphatic rings. The highest BCUT2D eigenvalue weighted by molar-refractivity contribution is 9.10. The Labute approximate surface area is 214 Å². The van der Waals surface area contributed by atoms with Crippen molar-refractivity contribution >= 4 is 43.9 Å². The number of anilines is 1. The Balaban J connectivity index is 1.80. The molecule has 0 unspecified atom stereocenters. The normalized spacial score (nSPS) is 13.7. The maximum atomic E-state index is 13.6. The Morgan fingerprint density at radius 3 is 2.47 bits per heavy atom. The molecule has 0 atom stereocenters. The number of Topliss-reactive ketones (excluding diaryl/α,β-unsaturated/α-hetero) is 1. The summed E-state index contributed by atoms with van der Waals surface area (Å²) in [6.07, 6.45) is 0. The minimum Gasteiger partial charge on any atom is -0.378 e. The fourth-order valence-electron chi connectivity index (χ4n) is 4.35.